The van der Waals surface area contributed by atoms with Crippen LogP contribution in [0.1, 0.15) is 45.4 Å². The summed E-state index contributed by atoms with van der Waals surface area (Å²) in [6.45, 7) is 2.98. The van der Waals surface area contributed by atoms with Gasteiger partial charge >= 0.3 is 0 Å². The highest BCUT2D eigenvalue weighted by Crippen LogP contribution is 2.40. The molecule has 3 nitrogen and oxygen atoms in total. The zero-order chi connectivity index (χ0) is 16.0. The van der Waals surface area contributed by atoms with Gasteiger partial charge in [0.1, 0.15) is 0 Å². The van der Waals surface area contributed by atoms with Crippen molar-refractivity contribution in [2.24, 2.45) is 5.73 Å². The number of unbranched alkanes of at least 4 members (excludes halogenated alkanes) is 5. The van der Waals surface area contributed by atoms with E-state index in [0.717, 1.165) is 21.5 Å². The molecule has 126 valence electrons. The second-order valence-corrected chi connectivity index (χ2v) is 9.64. The number of hydrogen-bond acceptors (Lipinski definition) is 4. The first-order chi connectivity index (χ1) is 10.7. The van der Waals surface area contributed by atoms with Gasteiger partial charge in [0, 0.05) is 12.3 Å². The molecule has 1 heterocycles. The quantitative estimate of drug-likeness (QED) is 0.310. The molecule has 3 unspecified atom stereocenters. The van der Waals surface area contributed by atoms with E-state index in [4.69, 9.17) is 5.73 Å². The average Bonchev–Trinajstić information content (AvgIpc) is 2.54. The normalized spacial score (nSPS) is 19.5. The molecule has 1 rings (SSSR count). The highest BCUT2D eigenvalue weighted by molar-refractivity contribution is 8.77. The van der Waals surface area contributed by atoms with Gasteiger partial charge in [-0.2, -0.15) is 0 Å². The average molecular weight is 361 g/mol. The van der Waals surface area contributed by atoms with Crippen LogP contribution in [-0.2, 0) is 4.79 Å². The second-order valence-electron chi connectivity index (χ2n) is 5.38. The molecule has 0 radical (unpaired) electrons. The summed E-state index contributed by atoms with van der Waals surface area (Å²) in [4.78, 5) is 12.4. The SMILES string of the molecule is CCCCCCCCNC(=O)C(N)CSSC1C=CC=CP1. The summed E-state index contributed by atoms with van der Waals surface area (Å²) in [6.07, 6.45) is 13.8. The van der Waals surface area contributed by atoms with E-state index in [-0.39, 0.29) is 5.91 Å². The molecule has 6 heteroatoms. The van der Waals surface area contributed by atoms with E-state index in [1.165, 1.54) is 32.1 Å². The van der Waals surface area contributed by atoms with Crippen LogP contribution in [0.3, 0.4) is 0 Å². The molecule has 0 aromatic rings. The van der Waals surface area contributed by atoms with Crippen molar-refractivity contribution in [3.05, 3.63) is 24.0 Å². The van der Waals surface area contributed by atoms with Gasteiger partial charge in [0.2, 0.25) is 5.91 Å². The van der Waals surface area contributed by atoms with Crippen LogP contribution in [0.4, 0.5) is 0 Å². The second kappa shape index (κ2) is 13.5. The maximum Gasteiger partial charge on any atom is 0.237 e. The van der Waals surface area contributed by atoms with Crippen molar-refractivity contribution in [3.63, 3.8) is 0 Å². The number of carbonyl (C=O) groups is 1. The minimum absolute atomic E-state index is 0.0109. The lowest BCUT2D eigenvalue weighted by molar-refractivity contribution is -0.121. The van der Waals surface area contributed by atoms with Gasteiger partial charge in [0.15, 0.2) is 0 Å². The Bertz CT molecular complexity index is 364. The molecule has 1 aliphatic heterocycles. The number of hydrogen-bond donors (Lipinski definition) is 2. The number of allylic oxidation sites excluding steroid dienone is 2. The molecule has 3 N–H and O–H groups in total. The van der Waals surface area contributed by atoms with E-state index < -0.39 is 6.04 Å². The fourth-order valence-electron chi connectivity index (χ4n) is 2.00. The Morgan fingerprint density at radius 2 is 2.05 bits per heavy atom. The molecule has 22 heavy (non-hydrogen) atoms. The summed E-state index contributed by atoms with van der Waals surface area (Å²) in [7, 11) is 4.34. The highest BCUT2D eigenvalue weighted by atomic mass is 33.1. The molecule has 0 spiro atoms. The molecule has 1 amide bonds. The molecule has 0 saturated heterocycles. The van der Waals surface area contributed by atoms with Crippen molar-refractivity contribution in [3.8, 4) is 0 Å². The number of carbonyl (C=O) groups excluding carboxylic acids is 1. The zero-order valence-electron chi connectivity index (χ0n) is 13.4. The van der Waals surface area contributed by atoms with Crippen LogP contribution in [0.2, 0.25) is 0 Å². The third kappa shape index (κ3) is 9.94. The fourth-order valence-corrected chi connectivity index (χ4v) is 6.19. The zero-order valence-corrected chi connectivity index (χ0v) is 16.1. The molecule has 0 bridgehead atoms. The molecule has 0 saturated carbocycles. The Hall–Kier alpha value is 0.0400. The maximum absolute atomic E-state index is 11.9. The Labute approximate surface area is 144 Å². The van der Waals surface area contributed by atoms with Crippen molar-refractivity contribution in [1.29, 1.82) is 0 Å². The van der Waals surface area contributed by atoms with Crippen LogP contribution in [0, 0.1) is 0 Å². The largest absolute Gasteiger partial charge is 0.355 e. The summed E-state index contributed by atoms with van der Waals surface area (Å²) in [5.74, 6) is 2.86. The number of nitrogens with one attached hydrogen (secondary N) is 1. The first-order valence-electron chi connectivity index (χ1n) is 8.15. The molecule has 3 atom stereocenters. The van der Waals surface area contributed by atoms with E-state index in [1.54, 1.807) is 10.8 Å². The fraction of sp³-hybridized carbons (Fsp3) is 0.688. The van der Waals surface area contributed by atoms with Gasteiger partial charge in [0.05, 0.1) is 11.0 Å². The minimum Gasteiger partial charge on any atom is -0.355 e. The third-order valence-corrected chi connectivity index (χ3v) is 7.95. The number of amides is 1. The van der Waals surface area contributed by atoms with Crippen LogP contribution < -0.4 is 11.1 Å². The molecule has 0 aromatic heterocycles. The summed E-state index contributed by atoms with van der Waals surface area (Å²) in [5.41, 5.74) is 5.94. The van der Waals surface area contributed by atoms with E-state index in [2.05, 4.69) is 36.3 Å². The van der Waals surface area contributed by atoms with Gasteiger partial charge in [-0.15, -0.1) is 0 Å². The van der Waals surface area contributed by atoms with Gasteiger partial charge in [-0.05, 0) is 6.42 Å². The first-order valence-corrected chi connectivity index (χ1v) is 11.7. The summed E-state index contributed by atoms with van der Waals surface area (Å²) >= 11 is 0. The molecule has 0 fully saturated rings. The predicted molar refractivity (Wildman–Crippen MR) is 105 cm³/mol. The number of rotatable bonds is 12. The predicted octanol–water partition coefficient (Wildman–Crippen LogP) is 4.26. The maximum atomic E-state index is 11.9. The van der Waals surface area contributed by atoms with Gasteiger partial charge in [-0.25, -0.2) is 0 Å². The Morgan fingerprint density at radius 3 is 2.77 bits per heavy atom. The smallest absolute Gasteiger partial charge is 0.237 e. The Balaban J connectivity index is 1.97. The van der Waals surface area contributed by atoms with Gasteiger partial charge in [-0.3, -0.25) is 4.79 Å². The Kier molecular flexibility index (Phi) is 12.3. The molecule has 1 aliphatic rings. The number of nitrogens with two attached hydrogens (primary N) is 1. The standard InChI is InChI=1S/C16H29N2OPS2/c1-2-3-4-5-6-8-11-18-16(19)14(17)13-21-22-15-10-7-9-12-20-15/h7,9-10,12,14-15,20H,2-6,8,11,13,17H2,1H3,(H,18,19). The van der Waals surface area contributed by atoms with Crippen LogP contribution in [0.5, 0.6) is 0 Å². The summed E-state index contributed by atoms with van der Waals surface area (Å²) < 4.78 is 0. The van der Waals surface area contributed by atoms with Crippen LogP contribution in [-0.4, -0.2) is 29.2 Å². The van der Waals surface area contributed by atoms with E-state index in [0.29, 0.717) is 10.7 Å². The molecular formula is C16H29N2OPS2. The summed E-state index contributed by atoms with van der Waals surface area (Å²) in [5, 5.41) is 2.95. The monoisotopic (exact) mass is 360 g/mol. The lowest BCUT2D eigenvalue weighted by Gasteiger charge is -2.14. The van der Waals surface area contributed by atoms with E-state index >= 15 is 0 Å². The van der Waals surface area contributed by atoms with Crippen molar-refractivity contribution < 1.29 is 4.79 Å². The third-order valence-electron chi connectivity index (χ3n) is 3.34. The van der Waals surface area contributed by atoms with Gasteiger partial charge in [0.25, 0.3) is 0 Å². The summed E-state index contributed by atoms with van der Waals surface area (Å²) in [6, 6.07) is -0.399. The van der Waals surface area contributed by atoms with Crippen molar-refractivity contribution >= 4 is 36.1 Å². The van der Waals surface area contributed by atoms with E-state index in [1.807, 2.05) is 10.8 Å². The Morgan fingerprint density at radius 1 is 1.27 bits per heavy atom. The molecule has 0 aliphatic carbocycles. The van der Waals surface area contributed by atoms with Crippen LogP contribution >= 0.6 is 30.2 Å². The van der Waals surface area contributed by atoms with Crippen molar-refractivity contribution in [2.75, 3.05) is 12.3 Å². The minimum atomic E-state index is -0.399. The van der Waals surface area contributed by atoms with Gasteiger partial charge < -0.3 is 11.1 Å². The first kappa shape index (κ1) is 20.1. The lowest BCUT2D eigenvalue weighted by atomic mass is 10.1. The highest BCUT2D eigenvalue weighted by Gasteiger charge is 2.14. The van der Waals surface area contributed by atoms with Crippen LogP contribution in [0.25, 0.3) is 0 Å². The van der Waals surface area contributed by atoms with Crippen molar-refractivity contribution in [2.45, 2.75) is 56.5 Å². The van der Waals surface area contributed by atoms with Gasteiger partial charge in [-0.1, -0.05) is 93.2 Å². The van der Waals surface area contributed by atoms with E-state index in [9.17, 15) is 4.79 Å². The topological polar surface area (TPSA) is 55.1 Å². The molecule has 0 aromatic carbocycles. The van der Waals surface area contributed by atoms with Crippen molar-refractivity contribution in [1.82, 2.24) is 5.32 Å². The lowest BCUT2D eigenvalue weighted by Crippen LogP contribution is -2.42. The molecular weight excluding hydrogens is 331 g/mol. The van der Waals surface area contributed by atoms with Crippen LogP contribution in [0.15, 0.2) is 24.0 Å².